The first kappa shape index (κ1) is 12.2. The largest absolute Gasteiger partial charge is 0.492 e. The Kier molecular flexibility index (Phi) is 3.62. The van der Waals surface area contributed by atoms with Crippen LogP contribution in [0.4, 0.5) is 5.69 Å². The van der Waals surface area contributed by atoms with Crippen molar-refractivity contribution in [3.05, 3.63) is 42.0 Å². The highest BCUT2D eigenvalue weighted by atomic mass is 16.5. The molecule has 1 aromatic carbocycles. The fourth-order valence-corrected chi connectivity index (χ4v) is 1.62. The minimum absolute atomic E-state index is 0.249. The van der Waals surface area contributed by atoms with E-state index in [-0.39, 0.29) is 5.91 Å². The van der Waals surface area contributed by atoms with Crippen LogP contribution in [0.25, 0.3) is 0 Å². The lowest BCUT2D eigenvalue weighted by atomic mass is 10.2. The number of anilines is 1. The van der Waals surface area contributed by atoms with Crippen molar-refractivity contribution in [1.29, 1.82) is 0 Å². The third-order valence-corrected chi connectivity index (χ3v) is 2.48. The van der Waals surface area contributed by atoms with E-state index in [1.807, 2.05) is 25.1 Å². The quantitative estimate of drug-likeness (QED) is 0.869. The summed E-state index contributed by atoms with van der Waals surface area (Å²) < 4.78 is 5.44. The van der Waals surface area contributed by atoms with Crippen LogP contribution in [0.5, 0.6) is 5.75 Å². The van der Waals surface area contributed by atoms with Crippen molar-refractivity contribution in [2.24, 2.45) is 0 Å². The molecule has 0 saturated carbocycles. The molecule has 1 aromatic heterocycles. The predicted molar refractivity (Wildman–Crippen MR) is 68.9 cm³/mol. The maximum absolute atomic E-state index is 12.0. The van der Waals surface area contributed by atoms with Gasteiger partial charge in [0, 0.05) is 5.69 Å². The summed E-state index contributed by atoms with van der Waals surface area (Å²) in [7, 11) is 0. The molecule has 94 valence electrons. The number of imidazole rings is 1. The van der Waals surface area contributed by atoms with Crippen LogP contribution in [-0.2, 0) is 0 Å². The molecule has 0 spiro atoms. The number of para-hydroxylation sites is 2. The lowest BCUT2D eigenvalue weighted by molar-refractivity contribution is 0.102. The summed E-state index contributed by atoms with van der Waals surface area (Å²) in [4.78, 5) is 18.9. The molecule has 0 radical (unpaired) electrons. The molecular formula is C13H15N3O2. The van der Waals surface area contributed by atoms with Gasteiger partial charge in [0.15, 0.2) is 0 Å². The molecule has 2 rings (SSSR count). The number of carbonyl (C=O) groups excluding carboxylic acids is 1. The molecule has 0 saturated heterocycles. The summed E-state index contributed by atoms with van der Waals surface area (Å²) >= 11 is 0. The van der Waals surface area contributed by atoms with Crippen LogP contribution in [-0.4, -0.2) is 22.5 Å². The van der Waals surface area contributed by atoms with Crippen molar-refractivity contribution in [2.75, 3.05) is 11.9 Å². The van der Waals surface area contributed by atoms with E-state index in [4.69, 9.17) is 4.74 Å². The molecule has 0 unspecified atom stereocenters. The van der Waals surface area contributed by atoms with E-state index in [2.05, 4.69) is 15.3 Å². The lowest BCUT2D eigenvalue weighted by Gasteiger charge is -2.10. The van der Waals surface area contributed by atoms with Crippen LogP contribution in [0.2, 0.25) is 0 Å². The Morgan fingerprint density at radius 3 is 2.89 bits per heavy atom. The zero-order valence-corrected chi connectivity index (χ0v) is 10.4. The van der Waals surface area contributed by atoms with E-state index in [0.717, 1.165) is 5.69 Å². The SMILES string of the molecule is CCOc1ccccc1NC(=O)c1nc[nH]c1C. The minimum atomic E-state index is -0.249. The van der Waals surface area contributed by atoms with Crippen LogP contribution in [0, 0.1) is 6.92 Å². The number of amides is 1. The number of H-pyrrole nitrogens is 1. The highest BCUT2D eigenvalue weighted by Gasteiger charge is 2.13. The van der Waals surface area contributed by atoms with Gasteiger partial charge < -0.3 is 15.0 Å². The summed E-state index contributed by atoms with van der Waals surface area (Å²) in [5.74, 6) is 0.405. The van der Waals surface area contributed by atoms with Crippen molar-refractivity contribution in [3.8, 4) is 5.75 Å². The number of rotatable bonds is 4. The van der Waals surface area contributed by atoms with Gasteiger partial charge in [0.2, 0.25) is 0 Å². The summed E-state index contributed by atoms with van der Waals surface area (Å²) in [6.45, 7) is 4.25. The third-order valence-electron chi connectivity index (χ3n) is 2.48. The van der Waals surface area contributed by atoms with Gasteiger partial charge in [0.25, 0.3) is 5.91 Å². The van der Waals surface area contributed by atoms with Gasteiger partial charge in [0.05, 0.1) is 18.6 Å². The van der Waals surface area contributed by atoms with E-state index in [1.54, 1.807) is 13.0 Å². The maximum Gasteiger partial charge on any atom is 0.276 e. The van der Waals surface area contributed by atoms with E-state index in [1.165, 1.54) is 6.33 Å². The average molecular weight is 245 g/mol. The van der Waals surface area contributed by atoms with E-state index in [0.29, 0.717) is 23.7 Å². The number of nitrogens with one attached hydrogen (secondary N) is 2. The van der Waals surface area contributed by atoms with Gasteiger partial charge in [-0.2, -0.15) is 0 Å². The molecule has 0 fully saturated rings. The second-order valence-electron chi connectivity index (χ2n) is 3.76. The van der Waals surface area contributed by atoms with Gasteiger partial charge >= 0.3 is 0 Å². The second kappa shape index (κ2) is 5.35. The molecular weight excluding hydrogens is 230 g/mol. The Hall–Kier alpha value is -2.30. The number of hydrogen-bond acceptors (Lipinski definition) is 3. The van der Waals surface area contributed by atoms with Crippen LogP contribution in [0.15, 0.2) is 30.6 Å². The molecule has 0 bridgehead atoms. The molecule has 5 heteroatoms. The highest BCUT2D eigenvalue weighted by molar-refractivity contribution is 6.04. The predicted octanol–water partition coefficient (Wildman–Crippen LogP) is 2.37. The Bertz CT molecular complexity index is 549. The van der Waals surface area contributed by atoms with Crippen molar-refractivity contribution in [2.45, 2.75) is 13.8 Å². The molecule has 18 heavy (non-hydrogen) atoms. The summed E-state index contributed by atoms with van der Waals surface area (Å²) in [5.41, 5.74) is 1.77. The average Bonchev–Trinajstić information content (AvgIpc) is 2.78. The number of hydrogen-bond donors (Lipinski definition) is 2. The first-order chi connectivity index (χ1) is 8.72. The third kappa shape index (κ3) is 2.51. The molecule has 5 nitrogen and oxygen atoms in total. The van der Waals surface area contributed by atoms with E-state index >= 15 is 0 Å². The molecule has 2 aromatic rings. The van der Waals surface area contributed by atoms with Crippen LogP contribution in [0.3, 0.4) is 0 Å². The van der Waals surface area contributed by atoms with Gasteiger partial charge in [-0.1, -0.05) is 12.1 Å². The monoisotopic (exact) mass is 245 g/mol. The smallest absolute Gasteiger partial charge is 0.276 e. The fraction of sp³-hybridized carbons (Fsp3) is 0.231. The fourth-order valence-electron chi connectivity index (χ4n) is 1.62. The van der Waals surface area contributed by atoms with Crippen molar-refractivity contribution < 1.29 is 9.53 Å². The molecule has 1 heterocycles. The van der Waals surface area contributed by atoms with Gasteiger partial charge in [-0.3, -0.25) is 4.79 Å². The number of carbonyl (C=O) groups is 1. The van der Waals surface area contributed by atoms with Crippen molar-refractivity contribution >= 4 is 11.6 Å². The minimum Gasteiger partial charge on any atom is -0.492 e. The van der Waals surface area contributed by atoms with Gasteiger partial charge in [-0.25, -0.2) is 4.98 Å². The molecule has 2 N–H and O–H groups in total. The number of aromatic nitrogens is 2. The van der Waals surface area contributed by atoms with E-state index in [9.17, 15) is 4.79 Å². The topological polar surface area (TPSA) is 67.0 Å². The normalized spacial score (nSPS) is 10.1. The van der Waals surface area contributed by atoms with Crippen LogP contribution >= 0.6 is 0 Å². The Morgan fingerprint density at radius 1 is 1.44 bits per heavy atom. The Morgan fingerprint density at radius 2 is 2.22 bits per heavy atom. The number of aromatic amines is 1. The molecule has 0 aliphatic carbocycles. The number of nitrogens with zero attached hydrogens (tertiary/aromatic N) is 1. The van der Waals surface area contributed by atoms with E-state index < -0.39 is 0 Å². The van der Waals surface area contributed by atoms with Gasteiger partial charge in [-0.05, 0) is 26.0 Å². The van der Waals surface area contributed by atoms with Crippen molar-refractivity contribution in [3.63, 3.8) is 0 Å². The standard InChI is InChI=1S/C13H15N3O2/c1-3-18-11-7-5-4-6-10(11)16-13(17)12-9(2)14-8-15-12/h4-8H,3H2,1-2H3,(H,14,15)(H,16,17). The second-order valence-corrected chi connectivity index (χ2v) is 3.76. The Labute approximate surface area is 105 Å². The number of ether oxygens (including phenoxy) is 1. The first-order valence-corrected chi connectivity index (χ1v) is 5.75. The van der Waals surface area contributed by atoms with Crippen LogP contribution < -0.4 is 10.1 Å². The number of benzene rings is 1. The zero-order valence-electron chi connectivity index (χ0n) is 10.4. The maximum atomic E-state index is 12.0. The van der Waals surface area contributed by atoms with Crippen LogP contribution in [0.1, 0.15) is 23.1 Å². The molecule has 0 aliphatic rings. The van der Waals surface area contributed by atoms with Crippen molar-refractivity contribution in [1.82, 2.24) is 9.97 Å². The highest BCUT2D eigenvalue weighted by Crippen LogP contribution is 2.24. The summed E-state index contributed by atoms with van der Waals surface area (Å²) in [5, 5.41) is 2.79. The van der Waals surface area contributed by atoms with Gasteiger partial charge in [-0.15, -0.1) is 0 Å². The molecule has 1 amide bonds. The summed E-state index contributed by atoms with van der Waals surface area (Å²) in [6, 6.07) is 7.32. The molecule has 0 atom stereocenters. The lowest BCUT2D eigenvalue weighted by Crippen LogP contribution is -2.14. The molecule has 0 aliphatic heterocycles. The zero-order chi connectivity index (χ0) is 13.0. The first-order valence-electron chi connectivity index (χ1n) is 5.75. The summed E-state index contributed by atoms with van der Waals surface area (Å²) in [6.07, 6.45) is 1.50. The Balaban J connectivity index is 2.19. The van der Waals surface area contributed by atoms with Gasteiger partial charge in [0.1, 0.15) is 11.4 Å². The number of aryl methyl sites for hydroxylation is 1.